The highest BCUT2D eigenvalue weighted by Crippen LogP contribution is 2.36. The molecule has 2 aliphatic rings. The van der Waals surface area contributed by atoms with Gasteiger partial charge in [0.05, 0.1) is 4.90 Å². The van der Waals surface area contributed by atoms with Gasteiger partial charge in [-0.2, -0.15) is 0 Å². The highest BCUT2D eigenvalue weighted by Gasteiger charge is 2.37. The molecule has 0 unspecified atom stereocenters. The number of anilines is 1. The molecule has 3 heterocycles. The molecule has 2 aromatic rings. The van der Waals surface area contributed by atoms with Crippen molar-refractivity contribution in [1.82, 2.24) is 14.6 Å². The van der Waals surface area contributed by atoms with E-state index in [4.69, 9.17) is 0 Å². The monoisotopic (exact) mass is 552 g/mol. The number of sulfonamides is 1. The Morgan fingerprint density at radius 3 is 2.83 bits per heavy atom. The van der Waals surface area contributed by atoms with Crippen molar-refractivity contribution >= 4 is 57.4 Å². The van der Waals surface area contributed by atoms with Crippen LogP contribution in [0.1, 0.15) is 16.1 Å². The number of aromatic nitrogens is 1. The number of aryl methyl sites for hydroxylation is 2. The normalized spacial score (nSPS) is 22.6. The van der Waals surface area contributed by atoms with Crippen LogP contribution in [0.5, 0.6) is 0 Å². The zero-order valence-corrected chi connectivity index (χ0v) is 19.8. The summed E-state index contributed by atoms with van der Waals surface area (Å²) in [6.07, 6.45) is 1.47. The van der Waals surface area contributed by atoms with E-state index in [-0.39, 0.29) is 52.3 Å². The summed E-state index contributed by atoms with van der Waals surface area (Å²) in [4.78, 5) is 13.5. The first-order valence-electron chi connectivity index (χ1n) is 8.89. The lowest BCUT2D eigenvalue weighted by Gasteiger charge is -2.23. The molecule has 158 valence electrons. The van der Waals surface area contributed by atoms with E-state index in [2.05, 4.69) is 15.4 Å². The summed E-state index contributed by atoms with van der Waals surface area (Å²) < 4.78 is 43.5. The average Bonchev–Trinajstić information content (AvgIpc) is 3.18. The molecule has 2 atom stereocenters. The van der Waals surface area contributed by atoms with Gasteiger partial charge in [0, 0.05) is 43.8 Å². The number of fused-ring (bicyclic) bond motifs is 2. The Kier molecular flexibility index (Phi) is 6.63. The lowest BCUT2D eigenvalue weighted by Crippen LogP contribution is -2.42. The van der Waals surface area contributed by atoms with Crippen LogP contribution in [0.3, 0.4) is 0 Å². The Morgan fingerprint density at radius 1 is 1.34 bits per heavy atom. The van der Waals surface area contributed by atoms with Gasteiger partial charge in [-0.05, 0) is 36.6 Å². The molecule has 0 bridgehead atoms. The van der Waals surface area contributed by atoms with E-state index in [9.17, 15) is 17.6 Å². The zero-order chi connectivity index (χ0) is 20.1. The minimum atomic E-state index is -3.74. The predicted octanol–water partition coefficient (Wildman–Crippen LogP) is 2.31. The zero-order valence-electron chi connectivity index (χ0n) is 15.9. The molecule has 0 radical (unpaired) electrons. The van der Waals surface area contributed by atoms with Gasteiger partial charge in [0.2, 0.25) is 10.0 Å². The Balaban J connectivity index is 0.00000240. The second-order valence-electron chi connectivity index (χ2n) is 7.16. The first-order valence-corrected chi connectivity index (χ1v) is 11.4. The van der Waals surface area contributed by atoms with Crippen LogP contribution in [0, 0.1) is 18.7 Å². The van der Waals surface area contributed by atoms with Gasteiger partial charge in [0.1, 0.15) is 16.4 Å². The van der Waals surface area contributed by atoms with Crippen molar-refractivity contribution in [2.45, 2.75) is 22.8 Å². The van der Waals surface area contributed by atoms with Crippen molar-refractivity contribution in [2.24, 2.45) is 13.0 Å². The summed E-state index contributed by atoms with van der Waals surface area (Å²) in [5, 5.41) is 5.96. The number of hydrogen-bond acceptors (Lipinski definition) is 5. The largest absolute Gasteiger partial charge is 0.344 e. The first-order chi connectivity index (χ1) is 13.3. The quantitative estimate of drug-likeness (QED) is 0.498. The Bertz CT molecular complexity index is 1060. The minimum Gasteiger partial charge on any atom is -0.344 e. The van der Waals surface area contributed by atoms with Gasteiger partial charge in [0.15, 0.2) is 0 Å². The third-order valence-electron chi connectivity index (χ3n) is 5.11. The summed E-state index contributed by atoms with van der Waals surface area (Å²) in [5.74, 6) is 0.0741. The van der Waals surface area contributed by atoms with Gasteiger partial charge in [-0.3, -0.25) is 4.79 Å². The molecule has 1 saturated heterocycles. The van der Waals surface area contributed by atoms with Crippen molar-refractivity contribution in [3.8, 4) is 0 Å². The van der Waals surface area contributed by atoms with Crippen LogP contribution in [-0.4, -0.2) is 43.8 Å². The molecule has 1 fully saturated rings. The summed E-state index contributed by atoms with van der Waals surface area (Å²) >= 11 is 1.39. The number of benzene rings is 1. The number of halogens is 2. The lowest BCUT2D eigenvalue weighted by atomic mass is 10.1. The smallest absolute Gasteiger partial charge is 0.273 e. The van der Waals surface area contributed by atoms with Crippen LogP contribution in [-0.2, 0) is 17.1 Å². The van der Waals surface area contributed by atoms with Crippen LogP contribution in [0.2, 0.25) is 0 Å². The molecular weight excluding hydrogens is 530 g/mol. The standard InChI is InChI=1S/C18H21FN4O3S2.HI/c1-10-5-12(3-4-13(10)19)21-18(24)16-17-15(8-23(16)2)28(25,26)22-14-7-20-6-11(14)9-27-17;/h3-5,8,11,14,20,22H,6-7,9H2,1-2H3,(H,21,24);1H/t11-,14-;/m0./s1. The van der Waals surface area contributed by atoms with E-state index in [1.54, 1.807) is 20.0 Å². The van der Waals surface area contributed by atoms with E-state index >= 15 is 0 Å². The number of carbonyl (C=O) groups is 1. The predicted molar refractivity (Wildman–Crippen MR) is 121 cm³/mol. The maximum absolute atomic E-state index is 13.5. The first kappa shape index (κ1) is 22.5. The summed E-state index contributed by atoms with van der Waals surface area (Å²) in [6, 6.07) is 4.16. The van der Waals surface area contributed by atoms with Crippen molar-refractivity contribution in [3.63, 3.8) is 0 Å². The van der Waals surface area contributed by atoms with E-state index in [1.807, 2.05) is 0 Å². The molecular formula is C18H22FIN4O3S2. The topological polar surface area (TPSA) is 92.2 Å². The molecule has 1 aromatic heterocycles. The highest BCUT2D eigenvalue weighted by molar-refractivity contribution is 14.0. The molecule has 7 nitrogen and oxygen atoms in total. The maximum atomic E-state index is 13.5. The van der Waals surface area contributed by atoms with Gasteiger partial charge in [0.25, 0.3) is 5.91 Å². The van der Waals surface area contributed by atoms with Crippen molar-refractivity contribution in [2.75, 3.05) is 24.2 Å². The summed E-state index contributed by atoms with van der Waals surface area (Å²) in [7, 11) is -2.09. The van der Waals surface area contributed by atoms with E-state index in [0.717, 1.165) is 6.54 Å². The van der Waals surface area contributed by atoms with Gasteiger partial charge in [-0.1, -0.05) is 0 Å². The molecule has 0 aliphatic carbocycles. The number of rotatable bonds is 2. The van der Waals surface area contributed by atoms with Crippen molar-refractivity contribution in [3.05, 3.63) is 41.5 Å². The van der Waals surface area contributed by atoms with Crippen molar-refractivity contribution < 1.29 is 17.6 Å². The molecule has 4 rings (SSSR count). The Labute approximate surface area is 190 Å². The van der Waals surface area contributed by atoms with Gasteiger partial charge in [-0.25, -0.2) is 17.5 Å². The molecule has 11 heteroatoms. The van der Waals surface area contributed by atoms with Crippen molar-refractivity contribution in [1.29, 1.82) is 0 Å². The van der Waals surface area contributed by atoms with Gasteiger partial charge in [-0.15, -0.1) is 35.7 Å². The molecule has 29 heavy (non-hydrogen) atoms. The molecule has 0 spiro atoms. The third-order valence-corrected chi connectivity index (χ3v) is 8.04. The second-order valence-corrected chi connectivity index (χ2v) is 9.87. The van der Waals surface area contributed by atoms with Gasteiger partial charge < -0.3 is 15.2 Å². The average molecular weight is 552 g/mol. The fourth-order valence-corrected chi connectivity index (χ4v) is 6.83. The number of amides is 1. The Hall–Kier alpha value is -1.15. The molecule has 1 amide bonds. The van der Waals surface area contributed by atoms with Crippen LogP contribution < -0.4 is 15.4 Å². The highest BCUT2D eigenvalue weighted by atomic mass is 127. The van der Waals surface area contributed by atoms with Crippen LogP contribution >= 0.6 is 35.7 Å². The third kappa shape index (κ3) is 4.33. The number of thioether (sulfide) groups is 1. The van der Waals surface area contributed by atoms with E-state index in [1.165, 1.54) is 34.7 Å². The van der Waals surface area contributed by atoms with E-state index in [0.29, 0.717) is 28.4 Å². The molecule has 2 aliphatic heterocycles. The lowest BCUT2D eigenvalue weighted by molar-refractivity contribution is 0.101. The fraction of sp³-hybridized carbons (Fsp3) is 0.389. The maximum Gasteiger partial charge on any atom is 0.273 e. The minimum absolute atomic E-state index is 0. The van der Waals surface area contributed by atoms with E-state index < -0.39 is 15.9 Å². The fourth-order valence-electron chi connectivity index (χ4n) is 3.58. The molecule has 1 aromatic carbocycles. The molecule has 3 N–H and O–H groups in total. The Morgan fingerprint density at radius 2 is 2.10 bits per heavy atom. The van der Waals surface area contributed by atoms with Crippen LogP contribution in [0.4, 0.5) is 10.1 Å². The van der Waals surface area contributed by atoms with Gasteiger partial charge >= 0.3 is 0 Å². The van der Waals surface area contributed by atoms with Crippen LogP contribution in [0.15, 0.2) is 34.2 Å². The summed E-state index contributed by atoms with van der Waals surface area (Å²) in [6.45, 7) is 2.95. The SMILES string of the molecule is Cc1cc(NC(=O)c2c3c(cn2C)S(=O)(=O)N[C@H]2CNC[C@H]2CS3)ccc1F.I. The number of nitrogens with one attached hydrogen (secondary N) is 3. The second kappa shape index (κ2) is 8.53. The van der Waals surface area contributed by atoms with Crippen LogP contribution in [0.25, 0.3) is 0 Å². The number of nitrogens with zero attached hydrogens (tertiary/aromatic N) is 1. The summed E-state index contributed by atoms with van der Waals surface area (Å²) in [5.41, 5.74) is 1.15. The number of hydrogen-bond donors (Lipinski definition) is 3. The number of carbonyl (C=O) groups excluding carboxylic acids is 1. The molecule has 0 saturated carbocycles.